The van der Waals surface area contributed by atoms with Gasteiger partial charge < -0.3 is 20.3 Å². The largest absolute Gasteiger partial charge is 0.497 e. The molecule has 2 aromatic carbocycles. The molecular formula is C23H30N4O3. The van der Waals surface area contributed by atoms with E-state index in [2.05, 4.69) is 32.6 Å². The van der Waals surface area contributed by atoms with Gasteiger partial charge in [0, 0.05) is 50.6 Å². The zero-order chi connectivity index (χ0) is 21.5. The molecule has 0 bridgehead atoms. The van der Waals surface area contributed by atoms with E-state index >= 15 is 0 Å². The number of hydrogen-bond donors (Lipinski definition) is 2. The zero-order valence-electron chi connectivity index (χ0n) is 17.9. The number of aryl methyl sites for hydroxylation is 2. The number of carbonyl (C=O) groups excluding carboxylic acids is 2. The Morgan fingerprint density at radius 2 is 1.57 bits per heavy atom. The van der Waals surface area contributed by atoms with Crippen molar-refractivity contribution < 1.29 is 14.3 Å². The molecule has 2 aromatic rings. The second-order valence-corrected chi connectivity index (χ2v) is 7.61. The van der Waals surface area contributed by atoms with Crippen molar-refractivity contribution in [3.63, 3.8) is 0 Å². The minimum atomic E-state index is -0.635. The highest BCUT2D eigenvalue weighted by Crippen LogP contribution is 2.20. The maximum atomic E-state index is 12.1. The van der Waals surface area contributed by atoms with Gasteiger partial charge in [-0.1, -0.05) is 6.07 Å². The van der Waals surface area contributed by atoms with Gasteiger partial charge in [0.1, 0.15) is 5.75 Å². The van der Waals surface area contributed by atoms with Crippen molar-refractivity contribution in [2.75, 3.05) is 56.6 Å². The van der Waals surface area contributed by atoms with Crippen LogP contribution in [0, 0.1) is 13.8 Å². The summed E-state index contributed by atoms with van der Waals surface area (Å²) in [5.41, 5.74) is 3.91. The molecule has 0 radical (unpaired) electrons. The van der Waals surface area contributed by atoms with E-state index in [-0.39, 0.29) is 0 Å². The number of amides is 2. The average Bonchev–Trinajstić information content (AvgIpc) is 2.73. The standard InChI is InChI=1S/C23H30N4O3/c1-17-14-18(2)16-19(15-17)25-23(29)22(28)24-8-9-26-10-12-27(13-11-26)20-4-6-21(30-3)7-5-20/h4-7,14-16H,8-13H2,1-3H3,(H,24,28)(H,25,29). The zero-order valence-corrected chi connectivity index (χ0v) is 17.9. The molecule has 0 unspecified atom stereocenters. The van der Waals surface area contributed by atoms with Gasteiger partial charge in [-0.2, -0.15) is 0 Å². The van der Waals surface area contributed by atoms with Crippen LogP contribution in [0.1, 0.15) is 11.1 Å². The molecule has 1 fully saturated rings. The van der Waals surface area contributed by atoms with Crippen molar-refractivity contribution in [3.8, 4) is 5.75 Å². The summed E-state index contributed by atoms with van der Waals surface area (Å²) in [6, 6.07) is 13.8. The SMILES string of the molecule is COc1ccc(N2CCN(CCNC(=O)C(=O)Nc3cc(C)cc(C)c3)CC2)cc1. The molecule has 3 rings (SSSR count). The summed E-state index contributed by atoms with van der Waals surface area (Å²) in [5.74, 6) is -0.384. The molecule has 0 atom stereocenters. The van der Waals surface area contributed by atoms with E-state index in [9.17, 15) is 9.59 Å². The number of carbonyl (C=O) groups is 2. The smallest absolute Gasteiger partial charge is 0.313 e. The molecular weight excluding hydrogens is 380 g/mol. The van der Waals surface area contributed by atoms with E-state index in [0.717, 1.165) is 49.6 Å². The van der Waals surface area contributed by atoms with Gasteiger partial charge in [0.05, 0.1) is 7.11 Å². The van der Waals surface area contributed by atoms with Crippen LogP contribution >= 0.6 is 0 Å². The molecule has 160 valence electrons. The molecule has 1 aliphatic heterocycles. The van der Waals surface area contributed by atoms with Gasteiger partial charge in [-0.3, -0.25) is 14.5 Å². The molecule has 1 aliphatic rings. The predicted molar refractivity (Wildman–Crippen MR) is 119 cm³/mol. The van der Waals surface area contributed by atoms with Crippen molar-refractivity contribution in [3.05, 3.63) is 53.6 Å². The minimum Gasteiger partial charge on any atom is -0.497 e. The Kier molecular flexibility index (Phi) is 7.30. The molecule has 2 amide bonds. The summed E-state index contributed by atoms with van der Waals surface area (Å²) in [7, 11) is 1.67. The third kappa shape index (κ3) is 5.97. The first-order valence-electron chi connectivity index (χ1n) is 10.2. The van der Waals surface area contributed by atoms with E-state index in [1.54, 1.807) is 7.11 Å². The van der Waals surface area contributed by atoms with Crippen LogP contribution in [-0.4, -0.2) is 63.1 Å². The maximum Gasteiger partial charge on any atom is 0.313 e. The lowest BCUT2D eigenvalue weighted by molar-refractivity contribution is -0.136. The fourth-order valence-corrected chi connectivity index (χ4v) is 3.67. The number of ether oxygens (including phenoxy) is 1. The first kappa shape index (κ1) is 21.6. The Balaban J connectivity index is 1.38. The normalized spacial score (nSPS) is 14.3. The Hall–Kier alpha value is -3.06. The van der Waals surface area contributed by atoms with E-state index < -0.39 is 11.8 Å². The lowest BCUT2D eigenvalue weighted by atomic mass is 10.1. The molecule has 1 heterocycles. The van der Waals surface area contributed by atoms with E-state index in [0.29, 0.717) is 12.2 Å². The maximum absolute atomic E-state index is 12.1. The van der Waals surface area contributed by atoms with Crippen LogP contribution < -0.4 is 20.3 Å². The summed E-state index contributed by atoms with van der Waals surface area (Å²) in [6.45, 7) is 8.75. The number of nitrogens with one attached hydrogen (secondary N) is 2. The lowest BCUT2D eigenvalue weighted by Gasteiger charge is -2.36. The van der Waals surface area contributed by atoms with Crippen molar-refractivity contribution in [2.45, 2.75) is 13.8 Å². The topological polar surface area (TPSA) is 73.9 Å². The van der Waals surface area contributed by atoms with Crippen LogP contribution in [0.5, 0.6) is 5.75 Å². The van der Waals surface area contributed by atoms with Gasteiger partial charge in [-0.05, 0) is 61.4 Å². The van der Waals surface area contributed by atoms with E-state index in [4.69, 9.17) is 4.74 Å². The molecule has 0 saturated carbocycles. The van der Waals surface area contributed by atoms with Crippen molar-refractivity contribution >= 4 is 23.2 Å². The van der Waals surface area contributed by atoms with Crippen LogP contribution in [0.3, 0.4) is 0 Å². The van der Waals surface area contributed by atoms with Crippen LogP contribution in [-0.2, 0) is 9.59 Å². The minimum absolute atomic E-state index is 0.446. The van der Waals surface area contributed by atoms with Gasteiger partial charge in [0.25, 0.3) is 0 Å². The molecule has 2 N–H and O–H groups in total. The number of anilines is 2. The molecule has 0 spiro atoms. The Morgan fingerprint density at radius 3 is 2.17 bits per heavy atom. The lowest BCUT2D eigenvalue weighted by Crippen LogP contribution is -2.49. The molecule has 0 aliphatic carbocycles. The Morgan fingerprint density at radius 1 is 0.933 bits per heavy atom. The van der Waals surface area contributed by atoms with Crippen LogP contribution in [0.25, 0.3) is 0 Å². The van der Waals surface area contributed by atoms with E-state index in [1.165, 1.54) is 5.69 Å². The molecule has 7 heteroatoms. The first-order chi connectivity index (χ1) is 14.4. The Bertz CT molecular complexity index is 854. The number of methoxy groups -OCH3 is 1. The summed E-state index contributed by atoms with van der Waals surface area (Å²) in [6.07, 6.45) is 0. The first-order valence-corrected chi connectivity index (χ1v) is 10.2. The second-order valence-electron chi connectivity index (χ2n) is 7.61. The van der Waals surface area contributed by atoms with Crippen molar-refractivity contribution in [1.82, 2.24) is 10.2 Å². The van der Waals surface area contributed by atoms with Gasteiger partial charge in [-0.15, -0.1) is 0 Å². The predicted octanol–water partition coefficient (Wildman–Crippen LogP) is 2.19. The van der Waals surface area contributed by atoms with Crippen LogP contribution in [0.15, 0.2) is 42.5 Å². The summed E-state index contributed by atoms with van der Waals surface area (Å²) < 4.78 is 5.21. The summed E-state index contributed by atoms with van der Waals surface area (Å²) in [4.78, 5) is 28.8. The Labute approximate surface area is 178 Å². The van der Waals surface area contributed by atoms with Crippen molar-refractivity contribution in [2.24, 2.45) is 0 Å². The monoisotopic (exact) mass is 410 g/mol. The van der Waals surface area contributed by atoms with Crippen LogP contribution in [0.2, 0.25) is 0 Å². The molecule has 7 nitrogen and oxygen atoms in total. The van der Waals surface area contributed by atoms with Gasteiger partial charge in [0.15, 0.2) is 0 Å². The number of hydrogen-bond acceptors (Lipinski definition) is 5. The van der Waals surface area contributed by atoms with Gasteiger partial charge in [0.2, 0.25) is 0 Å². The highest BCUT2D eigenvalue weighted by Gasteiger charge is 2.18. The summed E-state index contributed by atoms with van der Waals surface area (Å²) >= 11 is 0. The molecule has 30 heavy (non-hydrogen) atoms. The highest BCUT2D eigenvalue weighted by atomic mass is 16.5. The number of rotatable bonds is 6. The number of piperazine rings is 1. The number of benzene rings is 2. The average molecular weight is 411 g/mol. The molecule has 0 aromatic heterocycles. The van der Waals surface area contributed by atoms with Gasteiger partial charge >= 0.3 is 11.8 Å². The van der Waals surface area contributed by atoms with Crippen molar-refractivity contribution in [1.29, 1.82) is 0 Å². The second kappa shape index (κ2) is 10.1. The fraction of sp³-hybridized carbons (Fsp3) is 0.391. The third-order valence-corrected chi connectivity index (χ3v) is 5.21. The third-order valence-electron chi connectivity index (χ3n) is 5.21. The molecule has 1 saturated heterocycles. The summed E-state index contributed by atoms with van der Waals surface area (Å²) in [5, 5.41) is 5.38. The number of nitrogens with zero attached hydrogens (tertiary/aromatic N) is 2. The van der Waals surface area contributed by atoms with E-state index in [1.807, 2.05) is 44.2 Å². The van der Waals surface area contributed by atoms with Crippen LogP contribution in [0.4, 0.5) is 11.4 Å². The van der Waals surface area contributed by atoms with Gasteiger partial charge in [-0.25, -0.2) is 0 Å². The highest BCUT2D eigenvalue weighted by molar-refractivity contribution is 6.39. The quantitative estimate of drug-likeness (QED) is 0.714. The fourth-order valence-electron chi connectivity index (χ4n) is 3.67.